The molecule has 2 amide bonds. The molecule has 1 aromatic carbocycles. The van der Waals surface area contributed by atoms with E-state index in [-0.39, 0.29) is 47.0 Å². The first-order valence-corrected chi connectivity index (χ1v) is 11.5. The lowest BCUT2D eigenvalue weighted by atomic mass is 9.43. The molecule has 2 aliphatic carbocycles. The van der Waals surface area contributed by atoms with E-state index in [0.717, 1.165) is 24.8 Å². The summed E-state index contributed by atoms with van der Waals surface area (Å²) in [5.74, 6) is 0.550. The van der Waals surface area contributed by atoms with Crippen molar-refractivity contribution in [2.75, 3.05) is 0 Å². The molecule has 2 saturated carbocycles. The minimum Gasteiger partial charge on any atom is -0.508 e. The fraction of sp³-hybridized carbons (Fsp3) is 0.680. The van der Waals surface area contributed by atoms with Crippen LogP contribution >= 0.6 is 0 Å². The number of rotatable bonds is 0. The standard InChI is InChI=1S/C25H33NO5/c1-13-6-7-19-23(3,4)20(29)8-9-25(19)24(13,5)11-16-18(28)10-15-17(21(16)31-25)12-26(14(2)27)22(15)30/h10,13,19-20,28-29H,6-9,11-12H2,1-5H3/t13-,19-,20+,24+,25-/m0/s1. The molecule has 5 rings (SSSR count). The van der Waals surface area contributed by atoms with Crippen LogP contribution in [0.4, 0.5) is 0 Å². The molecule has 6 heteroatoms. The van der Waals surface area contributed by atoms with Crippen LogP contribution in [0.3, 0.4) is 0 Å². The van der Waals surface area contributed by atoms with E-state index in [1.54, 1.807) is 0 Å². The summed E-state index contributed by atoms with van der Waals surface area (Å²) in [5, 5.41) is 21.8. The Hall–Kier alpha value is -2.08. The summed E-state index contributed by atoms with van der Waals surface area (Å²) in [6.07, 6.45) is 3.74. The first kappa shape index (κ1) is 20.8. The Bertz CT molecular complexity index is 1000. The number of imide groups is 1. The van der Waals surface area contributed by atoms with Crippen LogP contribution in [0.2, 0.25) is 0 Å². The van der Waals surface area contributed by atoms with Gasteiger partial charge in [0, 0.05) is 29.4 Å². The van der Waals surface area contributed by atoms with E-state index in [1.807, 2.05) is 0 Å². The van der Waals surface area contributed by atoms with Gasteiger partial charge in [-0.3, -0.25) is 14.5 Å². The first-order chi connectivity index (χ1) is 14.4. The molecular weight excluding hydrogens is 394 g/mol. The van der Waals surface area contributed by atoms with Gasteiger partial charge in [0.15, 0.2) is 0 Å². The number of nitrogens with zero attached hydrogens (tertiary/aromatic N) is 1. The van der Waals surface area contributed by atoms with Crippen LogP contribution in [0.1, 0.15) is 81.8 Å². The van der Waals surface area contributed by atoms with Gasteiger partial charge in [0.1, 0.15) is 17.1 Å². The molecule has 1 spiro atoms. The number of hydrogen-bond acceptors (Lipinski definition) is 5. The fourth-order valence-corrected chi connectivity index (χ4v) is 7.29. The van der Waals surface area contributed by atoms with Crippen molar-refractivity contribution in [1.29, 1.82) is 0 Å². The Balaban J connectivity index is 1.71. The average Bonchev–Trinajstić information content (AvgIpc) is 3.02. The van der Waals surface area contributed by atoms with E-state index < -0.39 is 5.60 Å². The van der Waals surface area contributed by atoms with E-state index in [4.69, 9.17) is 4.74 Å². The van der Waals surface area contributed by atoms with E-state index in [2.05, 4.69) is 27.7 Å². The zero-order chi connectivity index (χ0) is 22.5. The topological polar surface area (TPSA) is 87.1 Å². The highest BCUT2D eigenvalue weighted by atomic mass is 16.5. The molecule has 2 N–H and O–H groups in total. The summed E-state index contributed by atoms with van der Waals surface area (Å²) in [4.78, 5) is 26.0. The molecule has 31 heavy (non-hydrogen) atoms. The number of benzene rings is 1. The van der Waals surface area contributed by atoms with Gasteiger partial charge in [0.25, 0.3) is 5.91 Å². The van der Waals surface area contributed by atoms with Gasteiger partial charge in [-0.25, -0.2) is 0 Å². The number of aromatic hydroxyl groups is 1. The third-order valence-electron chi connectivity index (χ3n) is 9.52. The number of phenols is 1. The highest BCUT2D eigenvalue weighted by molar-refractivity contribution is 6.08. The number of aliphatic hydroxyl groups is 1. The minimum absolute atomic E-state index is 0.0769. The van der Waals surface area contributed by atoms with Gasteiger partial charge < -0.3 is 14.9 Å². The number of aliphatic hydroxyl groups excluding tert-OH is 1. The number of amides is 2. The SMILES string of the molecule is CC(=O)N1Cc2c(cc(O)c3c2O[C@@]24CC[C@@H](O)C(C)(C)[C@@H]2CC[C@H](C)[C@@]4(C)C3)C1=O. The van der Waals surface area contributed by atoms with Gasteiger partial charge in [-0.15, -0.1) is 0 Å². The highest BCUT2D eigenvalue weighted by Crippen LogP contribution is 2.67. The Morgan fingerprint density at radius 3 is 2.58 bits per heavy atom. The monoisotopic (exact) mass is 427 g/mol. The van der Waals surface area contributed by atoms with Crippen molar-refractivity contribution < 1.29 is 24.5 Å². The summed E-state index contributed by atoms with van der Waals surface area (Å²) >= 11 is 0. The van der Waals surface area contributed by atoms with Crippen LogP contribution in [0, 0.1) is 22.7 Å². The third kappa shape index (κ3) is 2.43. The molecule has 2 aliphatic heterocycles. The maximum atomic E-state index is 12.8. The van der Waals surface area contributed by atoms with Gasteiger partial charge in [0.05, 0.1) is 18.2 Å². The Morgan fingerprint density at radius 2 is 1.90 bits per heavy atom. The van der Waals surface area contributed by atoms with Crippen molar-refractivity contribution in [3.63, 3.8) is 0 Å². The van der Waals surface area contributed by atoms with E-state index in [0.29, 0.717) is 35.6 Å². The smallest absolute Gasteiger partial charge is 0.261 e. The predicted molar refractivity (Wildman–Crippen MR) is 115 cm³/mol. The second-order valence-electron chi connectivity index (χ2n) is 11.1. The molecule has 5 atom stereocenters. The van der Waals surface area contributed by atoms with E-state index in [1.165, 1.54) is 17.9 Å². The molecule has 1 aromatic rings. The van der Waals surface area contributed by atoms with Crippen LogP contribution in [-0.4, -0.2) is 38.6 Å². The zero-order valence-corrected chi connectivity index (χ0v) is 19.1. The summed E-state index contributed by atoms with van der Waals surface area (Å²) in [5.41, 5.74) is 0.857. The molecule has 0 unspecified atom stereocenters. The summed E-state index contributed by atoms with van der Waals surface area (Å²) in [6.45, 7) is 10.4. The summed E-state index contributed by atoms with van der Waals surface area (Å²) < 4.78 is 7.02. The van der Waals surface area contributed by atoms with Crippen LogP contribution in [0.5, 0.6) is 11.5 Å². The molecule has 2 heterocycles. The van der Waals surface area contributed by atoms with Crippen LogP contribution in [0.15, 0.2) is 6.07 Å². The van der Waals surface area contributed by atoms with Crippen molar-refractivity contribution in [3.05, 3.63) is 22.8 Å². The minimum atomic E-state index is -0.478. The lowest BCUT2D eigenvalue weighted by molar-refractivity contribution is -0.233. The van der Waals surface area contributed by atoms with E-state index in [9.17, 15) is 19.8 Å². The van der Waals surface area contributed by atoms with E-state index >= 15 is 0 Å². The molecule has 168 valence electrons. The highest BCUT2D eigenvalue weighted by Gasteiger charge is 2.68. The lowest BCUT2D eigenvalue weighted by Gasteiger charge is -2.67. The summed E-state index contributed by atoms with van der Waals surface area (Å²) in [6, 6.07) is 1.52. The quantitative estimate of drug-likeness (QED) is 0.658. The number of phenolic OH excluding ortho intramolecular Hbond substituents is 1. The molecule has 0 bridgehead atoms. The molecule has 6 nitrogen and oxygen atoms in total. The fourth-order valence-electron chi connectivity index (χ4n) is 7.29. The maximum absolute atomic E-state index is 12.8. The van der Waals surface area contributed by atoms with Gasteiger partial charge in [-0.05, 0) is 49.5 Å². The predicted octanol–water partition coefficient (Wildman–Crippen LogP) is 3.80. The molecule has 0 radical (unpaired) electrons. The largest absolute Gasteiger partial charge is 0.508 e. The zero-order valence-electron chi connectivity index (χ0n) is 19.1. The van der Waals surface area contributed by atoms with Crippen LogP contribution < -0.4 is 4.74 Å². The number of carbonyl (C=O) groups excluding carboxylic acids is 2. The average molecular weight is 428 g/mol. The normalized spacial score (nSPS) is 37.9. The molecular formula is C25H33NO5. The van der Waals surface area contributed by atoms with Crippen molar-refractivity contribution in [1.82, 2.24) is 4.90 Å². The van der Waals surface area contributed by atoms with Crippen molar-refractivity contribution >= 4 is 11.8 Å². The Kier molecular flexibility index (Phi) is 4.19. The van der Waals surface area contributed by atoms with Gasteiger partial charge in [0.2, 0.25) is 5.91 Å². The molecule has 4 aliphatic rings. The molecule has 0 aromatic heterocycles. The van der Waals surface area contributed by atoms with Crippen molar-refractivity contribution in [2.24, 2.45) is 22.7 Å². The lowest BCUT2D eigenvalue weighted by Crippen LogP contribution is -2.70. The van der Waals surface area contributed by atoms with Gasteiger partial charge in [-0.2, -0.15) is 0 Å². The van der Waals surface area contributed by atoms with Crippen molar-refractivity contribution in [3.8, 4) is 11.5 Å². The second-order valence-corrected chi connectivity index (χ2v) is 11.1. The maximum Gasteiger partial charge on any atom is 0.261 e. The number of hydrogen-bond donors (Lipinski definition) is 2. The van der Waals surface area contributed by atoms with Gasteiger partial charge >= 0.3 is 0 Å². The summed E-state index contributed by atoms with van der Waals surface area (Å²) in [7, 11) is 0. The second kappa shape index (κ2) is 6.25. The van der Waals surface area contributed by atoms with Crippen molar-refractivity contribution in [2.45, 2.75) is 85.0 Å². The number of ether oxygens (including phenoxy) is 1. The number of fused-ring (bicyclic) bond motifs is 3. The third-order valence-corrected chi connectivity index (χ3v) is 9.52. The molecule has 2 fully saturated rings. The Labute approximate surface area is 183 Å². The Morgan fingerprint density at radius 1 is 1.19 bits per heavy atom. The van der Waals surface area contributed by atoms with Crippen LogP contribution in [-0.2, 0) is 17.8 Å². The molecule has 0 saturated heterocycles. The van der Waals surface area contributed by atoms with Crippen LogP contribution in [0.25, 0.3) is 0 Å². The number of carbonyl (C=O) groups is 2. The first-order valence-electron chi connectivity index (χ1n) is 11.5. The van der Waals surface area contributed by atoms with Gasteiger partial charge in [-0.1, -0.05) is 27.7 Å².